The van der Waals surface area contributed by atoms with Crippen LogP contribution in [0.4, 0.5) is 48.3 Å². The van der Waals surface area contributed by atoms with Gasteiger partial charge in [-0.25, -0.2) is 0 Å². The van der Waals surface area contributed by atoms with Gasteiger partial charge in [0, 0.05) is 6.42 Å². The van der Waals surface area contributed by atoms with Crippen LogP contribution in [0.15, 0.2) is 0 Å². The summed E-state index contributed by atoms with van der Waals surface area (Å²) >= 11 is 0. The van der Waals surface area contributed by atoms with Gasteiger partial charge in [0.05, 0.1) is 6.16 Å². The highest BCUT2D eigenvalue weighted by molar-refractivity contribution is 7.51. The van der Waals surface area contributed by atoms with Crippen LogP contribution in [-0.4, -0.2) is 45.8 Å². The summed E-state index contributed by atoms with van der Waals surface area (Å²) in [6.45, 7) is 0. The molecule has 0 rings (SSSR count). The van der Waals surface area contributed by atoms with Gasteiger partial charge >= 0.3 is 37.5 Å². The standard InChI is InChI=1S/C8H8F11O3P/c9-4(10,2-1-3-23(20,21)22)5(11,12)6(13,14)7(15,16)8(17,18)19/h1-3H2,(H2,20,21,22). The third kappa shape index (κ3) is 4.27. The molecule has 3 nitrogen and oxygen atoms in total. The molecule has 0 heterocycles. The van der Waals surface area contributed by atoms with E-state index in [0.717, 1.165) is 0 Å². The van der Waals surface area contributed by atoms with Crippen molar-refractivity contribution in [1.82, 2.24) is 0 Å². The first-order chi connectivity index (χ1) is 9.71. The smallest absolute Gasteiger partial charge is 0.324 e. The minimum Gasteiger partial charge on any atom is -0.324 e. The van der Waals surface area contributed by atoms with Crippen LogP contribution in [-0.2, 0) is 4.57 Å². The van der Waals surface area contributed by atoms with Crippen LogP contribution >= 0.6 is 7.60 Å². The molecular formula is C8H8F11O3P. The van der Waals surface area contributed by atoms with Crippen LogP contribution in [0.2, 0.25) is 0 Å². The normalized spacial score (nSPS) is 15.9. The molecule has 0 aliphatic rings. The van der Waals surface area contributed by atoms with Crippen molar-refractivity contribution in [3.63, 3.8) is 0 Å². The maximum Gasteiger partial charge on any atom is 0.460 e. The van der Waals surface area contributed by atoms with E-state index in [1.807, 2.05) is 0 Å². The highest BCUT2D eigenvalue weighted by atomic mass is 31.2. The van der Waals surface area contributed by atoms with Crippen molar-refractivity contribution in [3.8, 4) is 0 Å². The Bertz CT molecular complexity index is 466. The van der Waals surface area contributed by atoms with E-state index < -0.39 is 56.5 Å². The Morgan fingerprint density at radius 1 is 0.696 bits per heavy atom. The first-order valence-corrected chi connectivity index (χ1v) is 7.13. The molecular weight excluding hydrogens is 384 g/mol. The van der Waals surface area contributed by atoms with Gasteiger partial charge in [-0.1, -0.05) is 0 Å². The fourth-order valence-corrected chi connectivity index (χ4v) is 1.84. The second-order valence-corrected chi connectivity index (χ2v) is 6.19. The largest absolute Gasteiger partial charge is 0.460 e. The van der Waals surface area contributed by atoms with Crippen LogP contribution in [0.1, 0.15) is 12.8 Å². The fraction of sp³-hybridized carbons (Fsp3) is 1.00. The van der Waals surface area contributed by atoms with E-state index in [0.29, 0.717) is 0 Å². The lowest BCUT2D eigenvalue weighted by molar-refractivity contribution is -0.422. The van der Waals surface area contributed by atoms with Gasteiger partial charge in [-0.3, -0.25) is 4.57 Å². The summed E-state index contributed by atoms with van der Waals surface area (Å²) in [6.07, 6.45) is -12.7. The van der Waals surface area contributed by atoms with E-state index in [4.69, 9.17) is 9.79 Å². The van der Waals surface area contributed by atoms with E-state index in [9.17, 15) is 52.9 Å². The number of halogens is 11. The molecule has 15 heteroatoms. The first-order valence-electron chi connectivity index (χ1n) is 5.33. The van der Waals surface area contributed by atoms with Crippen molar-refractivity contribution < 1.29 is 62.6 Å². The van der Waals surface area contributed by atoms with Crippen molar-refractivity contribution in [2.24, 2.45) is 0 Å². The molecule has 0 aliphatic carbocycles. The molecule has 0 fully saturated rings. The molecule has 0 bridgehead atoms. The zero-order chi connectivity index (χ0) is 19.1. The van der Waals surface area contributed by atoms with Gasteiger partial charge < -0.3 is 9.79 Å². The van der Waals surface area contributed by atoms with Crippen molar-refractivity contribution in [3.05, 3.63) is 0 Å². The number of hydrogen-bond acceptors (Lipinski definition) is 1. The van der Waals surface area contributed by atoms with Crippen LogP contribution in [0.5, 0.6) is 0 Å². The summed E-state index contributed by atoms with van der Waals surface area (Å²) in [4.78, 5) is 16.5. The van der Waals surface area contributed by atoms with Crippen LogP contribution in [0.25, 0.3) is 0 Å². The van der Waals surface area contributed by atoms with Gasteiger partial charge in [0.25, 0.3) is 0 Å². The third-order valence-electron chi connectivity index (χ3n) is 2.54. The molecule has 0 saturated heterocycles. The summed E-state index contributed by atoms with van der Waals surface area (Å²) in [5.41, 5.74) is 0. The van der Waals surface area contributed by atoms with E-state index in [-0.39, 0.29) is 0 Å². The Hall–Kier alpha value is -0.620. The average molecular weight is 392 g/mol. The Morgan fingerprint density at radius 3 is 1.39 bits per heavy atom. The molecule has 0 atom stereocenters. The molecule has 140 valence electrons. The SMILES string of the molecule is O=P(O)(O)CCCC(F)(F)C(F)(F)C(F)(F)C(F)(F)C(F)(F)F. The summed E-state index contributed by atoms with van der Waals surface area (Å²) in [6, 6.07) is 0. The molecule has 0 aliphatic heterocycles. The fourth-order valence-electron chi connectivity index (χ4n) is 1.27. The second kappa shape index (κ2) is 6.03. The molecule has 0 amide bonds. The number of rotatable bonds is 7. The zero-order valence-corrected chi connectivity index (χ0v) is 11.4. The van der Waals surface area contributed by atoms with Crippen molar-refractivity contribution >= 4 is 7.60 Å². The van der Waals surface area contributed by atoms with E-state index >= 15 is 0 Å². The highest BCUT2D eigenvalue weighted by Crippen LogP contribution is 2.58. The lowest BCUT2D eigenvalue weighted by Crippen LogP contribution is -2.66. The summed E-state index contributed by atoms with van der Waals surface area (Å²) < 4.78 is 148. The lowest BCUT2D eigenvalue weighted by atomic mass is 9.95. The Morgan fingerprint density at radius 2 is 1.09 bits per heavy atom. The third-order valence-corrected chi connectivity index (χ3v) is 3.44. The minimum absolute atomic E-state index is 1.49. The Balaban J connectivity index is 5.54. The van der Waals surface area contributed by atoms with E-state index in [1.165, 1.54) is 0 Å². The summed E-state index contributed by atoms with van der Waals surface area (Å²) in [7, 11) is -5.00. The second-order valence-electron chi connectivity index (χ2n) is 4.42. The first kappa shape index (κ1) is 22.4. The molecule has 23 heavy (non-hydrogen) atoms. The summed E-state index contributed by atoms with van der Waals surface area (Å²) in [5, 5.41) is 0. The Kier molecular flexibility index (Phi) is 5.87. The molecule has 0 radical (unpaired) electrons. The quantitative estimate of drug-likeness (QED) is 0.508. The van der Waals surface area contributed by atoms with Crippen LogP contribution in [0.3, 0.4) is 0 Å². The van der Waals surface area contributed by atoms with Crippen LogP contribution in [0, 0.1) is 0 Å². The molecule has 0 aromatic carbocycles. The molecule has 0 spiro atoms. The predicted molar refractivity (Wildman–Crippen MR) is 52.0 cm³/mol. The molecule has 0 unspecified atom stereocenters. The van der Waals surface area contributed by atoms with Crippen molar-refractivity contribution in [2.45, 2.75) is 42.7 Å². The average Bonchev–Trinajstić information content (AvgIpc) is 2.24. The monoisotopic (exact) mass is 392 g/mol. The minimum atomic E-state index is -7.50. The molecule has 0 aromatic rings. The molecule has 0 saturated carbocycles. The van der Waals surface area contributed by atoms with Gasteiger partial charge in [-0.05, 0) is 6.42 Å². The molecule has 0 aromatic heterocycles. The van der Waals surface area contributed by atoms with Crippen molar-refractivity contribution in [1.29, 1.82) is 0 Å². The molecule has 2 N–H and O–H groups in total. The maximum atomic E-state index is 13.0. The zero-order valence-electron chi connectivity index (χ0n) is 10.5. The van der Waals surface area contributed by atoms with Crippen LogP contribution < -0.4 is 0 Å². The Labute approximate surface area is 120 Å². The maximum absolute atomic E-state index is 13.0. The van der Waals surface area contributed by atoms with E-state index in [2.05, 4.69) is 0 Å². The lowest BCUT2D eigenvalue weighted by Gasteiger charge is -2.37. The van der Waals surface area contributed by atoms with Gasteiger partial charge in [-0.15, -0.1) is 0 Å². The van der Waals surface area contributed by atoms with Gasteiger partial charge in [0.1, 0.15) is 0 Å². The van der Waals surface area contributed by atoms with Gasteiger partial charge in [0.2, 0.25) is 0 Å². The topological polar surface area (TPSA) is 57.5 Å². The van der Waals surface area contributed by atoms with E-state index in [1.54, 1.807) is 0 Å². The predicted octanol–water partition coefficient (Wildman–Crippen LogP) is 4.05. The van der Waals surface area contributed by atoms with Gasteiger partial charge in [0.15, 0.2) is 0 Å². The highest BCUT2D eigenvalue weighted by Gasteiger charge is 2.86. The number of hydrogen-bond donors (Lipinski definition) is 2. The van der Waals surface area contributed by atoms with Crippen molar-refractivity contribution in [2.75, 3.05) is 6.16 Å². The summed E-state index contributed by atoms with van der Waals surface area (Å²) in [5.74, 6) is -28.2. The number of alkyl halides is 11. The van der Waals surface area contributed by atoms with Gasteiger partial charge in [-0.2, -0.15) is 48.3 Å².